The highest BCUT2D eigenvalue weighted by Crippen LogP contribution is 2.23. The number of ketones is 1. The molecule has 0 N–H and O–H groups in total. The zero-order valence-electron chi connectivity index (χ0n) is 13.8. The van der Waals surface area contributed by atoms with Crippen LogP contribution in [0.1, 0.15) is 21.6 Å². The SMILES string of the molecule is Cc1ccc(C#N)c(SCC(=O)c2ccc(-c3ccccc3)cc2)n1. The number of pyridine rings is 1. The monoisotopic (exact) mass is 344 g/mol. The molecule has 0 amide bonds. The molecule has 1 heterocycles. The van der Waals surface area contributed by atoms with Gasteiger partial charge < -0.3 is 0 Å². The third-order valence-electron chi connectivity index (χ3n) is 3.77. The van der Waals surface area contributed by atoms with E-state index in [0.29, 0.717) is 16.2 Å². The number of thioether (sulfide) groups is 1. The third-order valence-corrected chi connectivity index (χ3v) is 4.77. The van der Waals surface area contributed by atoms with Crippen LogP contribution in [0, 0.1) is 18.3 Å². The van der Waals surface area contributed by atoms with E-state index >= 15 is 0 Å². The molecular formula is C21H16N2OS. The predicted molar refractivity (Wildman–Crippen MR) is 101 cm³/mol. The lowest BCUT2D eigenvalue weighted by Crippen LogP contribution is -2.03. The van der Waals surface area contributed by atoms with Gasteiger partial charge in [0.15, 0.2) is 5.78 Å². The molecule has 0 bridgehead atoms. The maximum Gasteiger partial charge on any atom is 0.173 e. The van der Waals surface area contributed by atoms with Crippen LogP contribution < -0.4 is 0 Å². The molecule has 0 spiro atoms. The van der Waals surface area contributed by atoms with Crippen molar-refractivity contribution in [3.8, 4) is 17.2 Å². The smallest absolute Gasteiger partial charge is 0.173 e. The van der Waals surface area contributed by atoms with Crippen molar-refractivity contribution in [2.24, 2.45) is 0 Å². The lowest BCUT2D eigenvalue weighted by atomic mass is 10.0. The molecule has 3 aromatic rings. The van der Waals surface area contributed by atoms with Gasteiger partial charge in [0.2, 0.25) is 0 Å². The topological polar surface area (TPSA) is 53.8 Å². The Hall–Kier alpha value is -2.90. The number of hydrogen-bond acceptors (Lipinski definition) is 4. The van der Waals surface area contributed by atoms with Crippen LogP contribution in [0.15, 0.2) is 71.8 Å². The van der Waals surface area contributed by atoms with Gasteiger partial charge in [0.05, 0.1) is 11.3 Å². The number of aryl methyl sites for hydroxylation is 1. The summed E-state index contributed by atoms with van der Waals surface area (Å²) in [4.78, 5) is 16.8. The normalized spacial score (nSPS) is 10.2. The second-order valence-corrected chi connectivity index (χ2v) is 6.54. The van der Waals surface area contributed by atoms with E-state index < -0.39 is 0 Å². The summed E-state index contributed by atoms with van der Waals surface area (Å²) in [5.74, 6) is 0.285. The van der Waals surface area contributed by atoms with E-state index in [9.17, 15) is 4.79 Å². The highest BCUT2D eigenvalue weighted by atomic mass is 32.2. The molecule has 3 rings (SSSR count). The number of aromatic nitrogens is 1. The fourth-order valence-electron chi connectivity index (χ4n) is 2.42. The minimum Gasteiger partial charge on any atom is -0.293 e. The molecule has 2 aromatic carbocycles. The van der Waals surface area contributed by atoms with Crippen molar-refractivity contribution >= 4 is 17.5 Å². The van der Waals surface area contributed by atoms with Crippen LogP contribution in [0.5, 0.6) is 0 Å². The van der Waals surface area contributed by atoms with Crippen LogP contribution in [0.4, 0.5) is 0 Å². The Kier molecular flexibility index (Phi) is 5.27. The molecule has 0 saturated carbocycles. The van der Waals surface area contributed by atoms with E-state index in [-0.39, 0.29) is 11.5 Å². The van der Waals surface area contributed by atoms with Gasteiger partial charge in [-0.25, -0.2) is 4.98 Å². The standard InChI is InChI=1S/C21H16N2OS/c1-15-7-8-19(13-22)21(23-15)25-14-20(24)18-11-9-17(10-12-18)16-5-3-2-4-6-16/h2-12H,14H2,1H3. The Bertz CT molecular complexity index is 928. The largest absolute Gasteiger partial charge is 0.293 e. The van der Waals surface area contributed by atoms with Crippen molar-refractivity contribution < 1.29 is 4.79 Å². The second-order valence-electron chi connectivity index (χ2n) is 5.57. The molecule has 0 radical (unpaired) electrons. The summed E-state index contributed by atoms with van der Waals surface area (Å²) in [6, 6.07) is 23.3. The maximum atomic E-state index is 12.4. The first-order valence-electron chi connectivity index (χ1n) is 7.86. The van der Waals surface area contributed by atoms with Crippen LogP contribution in [0.25, 0.3) is 11.1 Å². The molecule has 1 aromatic heterocycles. The molecule has 0 aliphatic carbocycles. The molecular weight excluding hydrogens is 328 g/mol. The highest BCUT2D eigenvalue weighted by molar-refractivity contribution is 8.00. The van der Waals surface area contributed by atoms with Crippen LogP contribution in [0.3, 0.4) is 0 Å². The maximum absolute atomic E-state index is 12.4. The van der Waals surface area contributed by atoms with Crippen LogP contribution in [-0.4, -0.2) is 16.5 Å². The number of carbonyl (C=O) groups is 1. The van der Waals surface area contributed by atoms with E-state index in [4.69, 9.17) is 5.26 Å². The number of hydrogen-bond donors (Lipinski definition) is 0. The Labute approximate surface area is 151 Å². The Morgan fingerprint density at radius 2 is 1.68 bits per heavy atom. The summed E-state index contributed by atoms with van der Waals surface area (Å²) >= 11 is 1.31. The Morgan fingerprint density at radius 3 is 2.36 bits per heavy atom. The van der Waals surface area contributed by atoms with Crippen LogP contribution in [0.2, 0.25) is 0 Å². The van der Waals surface area contributed by atoms with E-state index in [1.807, 2.05) is 61.5 Å². The molecule has 0 aliphatic heterocycles. The number of Topliss-reactive ketones (excluding diaryl/α,β-unsaturated/α-hetero) is 1. The minimum atomic E-state index is 0.0248. The number of nitriles is 1. The van der Waals surface area contributed by atoms with Crippen molar-refractivity contribution in [3.63, 3.8) is 0 Å². The summed E-state index contributed by atoms with van der Waals surface area (Å²) in [5, 5.41) is 9.75. The summed E-state index contributed by atoms with van der Waals surface area (Å²) < 4.78 is 0. The highest BCUT2D eigenvalue weighted by Gasteiger charge is 2.11. The number of nitrogens with zero attached hydrogens (tertiary/aromatic N) is 2. The molecule has 0 atom stereocenters. The van der Waals surface area contributed by atoms with E-state index in [1.165, 1.54) is 11.8 Å². The lowest BCUT2D eigenvalue weighted by Gasteiger charge is -2.05. The van der Waals surface area contributed by atoms with Crippen molar-refractivity contribution in [3.05, 3.63) is 83.6 Å². The number of rotatable bonds is 5. The van der Waals surface area contributed by atoms with Crippen LogP contribution in [-0.2, 0) is 0 Å². The average Bonchev–Trinajstić information content (AvgIpc) is 2.67. The van der Waals surface area contributed by atoms with Crippen molar-refractivity contribution in [2.45, 2.75) is 11.9 Å². The molecule has 0 fully saturated rings. The van der Waals surface area contributed by atoms with Gasteiger partial charge >= 0.3 is 0 Å². The quantitative estimate of drug-likeness (QED) is 0.488. The van der Waals surface area contributed by atoms with Gasteiger partial charge in [0.25, 0.3) is 0 Å². The van der Waals surface area contributed by atoms with Gasteiger partial charge in [-0.05, 0) is 30.2 Å². The number of benzene rings is 2. The van der Waals surface area contributed by atoms with Crippen molar-refractivity contribution in [2.75, 3.05) is 5.75 Å². The molecule has 3 nitrogen and oxygen atoms in total. The van der Waals surface area contributed by atoms with Crippen LogP contribution >= 0.6 is 11.8 Å². The predicted octanol–water partition coefficient (Wildman–Crippen LogP) is 4.90. The van der Waals surface area contributed by atoms with E-state index in [2.05, 4.69) is 11.1 Å². The van der Waals surface area contributed by atoms with Gasteiger partial charge in [-0.2, -0.15) is 5.26 Å². The van der Waals surface area contributed by atoms with Gasteiger partial charge in [-0.1, -0.05) is 66.4 Å². The van der Waals surface area contributed by atoms with E-state index in [1.54, 1.807) is 12.1 Å². The zero-order valence-corrected chi connectivity index (χ0v) is 14.6. The molecule has 4 heteroatoms. The first-order chi connectivity index (χ1) is 12.2. The fourth-order valence-corrected chi connectivity index (χ4v) is 3.34. The van der Waals surface area contributed by atoms with Gasteiger partial charge in [0.1, 0.15) is 11.1 Å². The second kappa shape index (κ2) is 7.78. The molecule has 122 valence electrons. The summed E-state index contributed by atoms with van der Waals surface area (Å²) in [7, 11) is 0. The lowest BCUT2D eigenvalue weighted by molar-refractivity contribution is 0.102. The summed E-state index contributed by atoms with van der Waals surface area (Å²) in [5.41, 5.74) is 4.21. The minimum absolute atomic E-state index is 0.0248. The van der Waals surface area contributed by atoms with Gasteiger partial charge in [0, 0.05) is 11.3 Å². The van der Waals surface area contributed by atoms with E-state index in [0.717, 1.165) is 16.8 Å². The summed E-state index contributed by atoms with van der Waals surface area (Å²) in [6.07, 6.45) is 0. The molecule has 0 unspecified atom stereocenters. The first-order valence-corrected chi connectivity index (χ1v) is 8.85. The van der Waals surface area contributed by atoms with Crippen molar-refractivity contribution in [1.82, 2.24) is 4.98 Å². The number of carbonyl (C=O) groups excluding carboxylic acids is 1. The van der Waals surface area contributed by atoms with Gasteiger partial charge in [-0.15, -0.1) is 0 Å². The zero-order chi connectivity index (χ0) is 17.6. The van der Waals surface area contributed by atoms with Crippen molar-refractivity contribution in [1.29, 1.82) is 5.26 Å². The third kappa shape index (κ3) is 4.14. The summed E-state index contributed by atoms with van der Waals surface area (Å²) in [6.45, 7) is 1.87. The molecule has 0 saturated heterocycles. The molecule has 25 heavy (non-hydrogen) atoms. The first kappa shape index (κ1) is 16.9. The fraction of sp³-hybridized carbons (Fsp3) is 0.0952. The molecule has 0 aliphatic rings. The average molecular weight is 344 g/mol. The Balaban J connectivity index is 1.70. The Morgan fingerprint density at radius 1 is 1.00 bits per heavy atom. The van der Waals surface area contributed by atoms with Gasteiger partial charge in [-0.3, -0.25) is 4.79 Å².